The van der Waals surface area contributed by atoms with Crippen molar-refractivity contribution in [1.82, 2.24) is 9.36 Å². The van der Waals surface area contributed by atoms with Gasteiger partial charge in [-0.2, -0.15) is 22.5 Å². The quantitative estimate of drug-likeness (QED) is 0.863. The second-order valence-electron chi connectivity index (χ2n) is 3.49. The number of hydrogen-bond donors (Lipinski definition) is 1. The highest BCUT2D eigenvalue weighted by Gasteiger charge is 2.36. The van der Waals surface area contributed by atoms with Gasteiger partial charge in [0.25, 0.3) is 0 Å². The number of anilines is 1. The summed E-state index contributed by atoms with van der Waals surface area (Å²) in [6, 6.07) is -0.289. The predicted molar refractivity (Wildman–Crippen MR) is 58.0 cm³/mol. The van der Waals surface area contributed by atoms with Gasteiger partial charge >= 0.3 is 6.18 Å². The van der Waals surface area contributed by atoms with Crippen molar-refractivity contribution < 1.29 is 17.9 Å². The van der Waals surface area contributed by atoms with Gasteiger partial charge in [-0.05, 0) is 0 Å². The molecule has 0 saturated carbocycles. The average Bonchev–Trinajstić information content (AvgIpc) is 2.65. The van der Waals surface area contributed by atoms with E-state index in [0.29, 0.717) is 24.7 Å². The minimum Gasteiger partial charge on any atom is -0.383 e. The molecule has 0 amide bonds. The number of nitrogens with two attached hydrogens (primary N) is 1. The largest absolute Gasteiger partial charge is 0.452 e. The molecular formula is C8H13F3N4OS. The lowest BCUT2D eigenvalue weighted by Gasteiger charge is -2.19. The first-order valence-electron chi connectivity index (χ1n) is 4.71. The highest BCUT2D eigenvalue weighted by atomic mass is 32.1. The Bertz CT molecular complexity index is 357. The van der Waals surface area contributed by atoms with E-state index in [1.165, 1.54) is 12.0 Å². The summed E-state index contributed by atoms with van der Waals surface area (Å²) in [6.07, 6.45) is -4.51. The van der Waals surface area contributed by atoms with Gasteiger partial charge in [0.1, 0.15) is 0 Å². The van der Waals surface area contributed by atoms with Crippen LogP contribution in [0.15, 0.2) is 0 Å². The number of aromatic nitrogens is 2. The molecule has 0 aliphatic heterocycles. The number of alkyl halides is 3. The number of hydrogen-bond acceptors (Lipinski definition) is 6. The summed E-state index contributed by atoms with van der Waals surface area (Å²) in [6.45, 7) is 0.676. The van der Waals surface area contributed by atoms with Crippen molar-refractivity contribution in [2.24, 2.45) is 5.73 Å². The fraction of sp³-hybridized carbons (Fsp3) is 0.750. The summed E-state index contributed by atoms with van der Waals surface area (Å²) in [4.78, 5) is 4.93. The maximum absolute atomic E-state index is 12.3. The standard InChI is InChI=1S/C8H13F3N4OS/c1-15(3-5(12)4-16-2)7-13-6(14-17-7)8(9,10)11/h5H,3-4,12H2,1-2H3. The first kappa shape index (κ1) is 14.1. The van der Waals surface area contributed by atoms with E-state index in [0.717, 1.165) is 0 Å². The molecule has 0 aromatic carbocycles. The second-order valence-corrected chi connectivity index (χ2v) is 4.22. The van der Waals surface area contributed by atoms with Gasteiger partial charge in [0.05, 0.1) is 6.61 Å². The average molecular weight is 270 g/mol. The van der Waals surface area contributed by atoms with Crippen LogP contribution in [0.3, 0.4) is 0 Å². The normalized spacial score (nSPS) is 13.8. The molecule has 1 aromatic rings. The first-order chi connectivity index (χ1) is 7.84. The molecule has 9 heteroatoms. The summed E-state index contributed by atoms with van der Waals surface area (Å²) in [5.41, 5.74) is 5.68. The van der Waals surface area contributed by atoms with Crippen molar-refractivity contribution >= 4 is 16.7 Å². The topological polar surface area (TPSA) is 64.3 Å². The first-order valence-corrected chi connectivity index (χ1v) is 5.48. The Morgan fingerprint density at radius 2 is 2.18 bits per heavy atom. The smallest absolute Gasteiger partial charge is 0.383 e. The molecule has 2 N–H and O–H groups in total. The molecule has 0 aliphatic rings. The van der Waals surface area contributed by atoms with E-state index in [2.05, 4.69) is 9.36 Å². The lowest BCUT2D eigenvalue weighted by Crippen LogP contribution is -2.38. The zero-order valence-electron chi connectivity index (χ0n) is 9.36. The van der Waals surface area contributed by atoms with Gasteiger partial charge < -0.3 is 15.4 Å². The SMILES string of the molecule is COCC(N)CN(C)c1nc(C(F)(F)F)ns1. The summed E-state index contributed by atoms with van der Waals surface area (Å²) >= 11 is 0.693. The van der Waals surface area contributed by atoms with Crippen LogP contribution < -0.4 is 10.6 Å². The number of nitrogens with zero attached hydrogens (tertiary/aromatic N) is 3. The zero-order chi connectivity index (χ0) is 13.1. The van der Waals surface area contributed by atoms with E-state index >= 15 is 0 Å². The Morgan fingerprint density at radius 1 is 1.53 bits per heavy atom. The lowest BCUT2D eigenvalue weighted by molar-refractivity contribution is -0.144. The van der Waals surface area contributed by atoms with E-state index in [4.69, 9.17) is 10.5 Å². The summed E-state index contributed by atoms with van der Waals surface area (Å²) in [7, 11) is 3.11. The number of rotatable bonds is 5. The van der Waals surface area contributed by atoms with Crippen LogP contribution in [0.4, 0.5) is 18.3 Å². The molecule has 1 heterocycles. The van der Waals surface area contributed by atoms with Crippen molar-refractivity contribution in [2.45, 2.75) is 12.2 Å². The van der Waals surface area contributed by atoms with Crippen LogP contribution in [0.2, 0.25) is 0 Å². The van der Waals surface area contributed by atoms with Crippen LogP contribution in [0, 0.1) is 0 Å². The molecule has 0 aliphatic carbocycles. The molecule has 98 valence electrons. The molecule has 0 bridgehead atoms. The van der Waals surface area contributed by atoms with E-state index < -0.39 is 12.0 Å². The minimum absolute atomic E-state index is 0.184. The Labute approximate surface area is 101 Å². The maximum atomic E-state index is 12.3. The van der Waals surface area contributed by atoms with Gasteiger partial charge in [0, 0.05) is 38.3 Å². The molecule has 0 saturated heterocycles. The number of likely N-dealkylation sites (N-methyl/N-ethyl adjacent to an activating group) is 1. The molecule has 1 rings (SSSR count). The molecule has 1 unspecified atom stereocenters. The van der Waals surface area contributed by atoms with Gasteiger partial charge in [-0.25, -0.2) is 0 Å². The minimum atomic E-state index is -4.51. The number of ether oxygens (including phenoxy) is 1. The van der Waals surface area contributed by atoms with E-state index in [1.807, 2.05) is 0 Å². The number of halogens is 3. The third kappa shape index (κ3) is 4.10. The Balaban J connectivity index is 2.64. The molecule has 17 heavy (non-hydrogen) atoms. The Kier molecular flexibility index (Phi) is 4.66. The lowest BCUT2D eigenvalue weighted by atomic mass is 10.3. The molecule has 0 fully saturated rings. The Morgan fingerprint density at radius 3 is 2.65 bits per heavy atom. The van der Waals surface area contributed by atoms with Crippen LogP contribution in [0.5, 0.6) is 0 Å². The summed E-state index contributed by atoms with van der Waals surface area (Å²) in [5.74, 6) is -1.12. The maximum Gasteiger partial charge on any atom is 0.452 e. The molecule has 5 nitrogen and oxygen atoms in total. The van der Waals surface area contributed by atoms with E-state index in [-0.39, 0.29) is 11.2 Å². The van der Waals surface area contributed by atoms with Crippen LogP contribution >= 0.6 is 11.5 Å². The molecule has 0 spiro atoms. The summed E-state index contributed by atoms with van der Waals surface area (Å²) in [5, 5.41) is 0.184. The van der Waals surface area contributed by atoms with Crippen LogP contribution in [0.25, 0.3) is 0 Å². The zero-order valence-corrected chi connectivity index (χ0v) is 10.2. The Hall–Kier alpha value is -0.930. The predicted octanol–water partition coefficient (Wildman–Crippen LogP) is 0.967. The van der Waals surface area contributed by atoms with Crippen molar-refractivity contribution in [1.29, 1.82) is 0 Å². The highest BCUT2D eigenvalue weighted by Crippen LogP contribution is 2.29. The number of methoxy groups -OCH3 is 1. The van der Waals surface area contributed by atoms with Gasteiger partial charge in [-0.3, -0.25) is 0 Å². The van der Waals surface area contributed by atoms with Crippen molar-refractivity contribution in [2.75, 3.05) is 32.2 Å². The fourth-order valence-electron chi connectivity index (χ4n) is 1.18. The molecule has 1 atom stereocenters. The molecule has 1 aromatic heterocycles. The highest BCUT2D eigenvalue weighted by molar-refractivity contribution is 7.09. The van der Waals surface area contributed by atoms with Crippen molar-refractivity contribution in [3.05, 3.63) is 5.82 Å². The van der Waals surface area contributed by atoms with Crippen molar-refractivity contribution in [3.8, 4) is 0 Å². The van der Waals surface area contributed by atoms with Gasteiger partial charge in [-0.1, -0.05) is 0 Å². The van der Waals surface area contributed by atoms with E-state index in [1.54, 1.807) is 7.05 Å². The summed E-state index contributed by atoms with van der Waals surface area (Å²) < 4.78 is 44.9. The van der Waals surface area contributed by atoms with Gasteiger partial charge in [0.2, 0.25) is 11.0 Å². The third-order valence-electron chi connectivity index (χ3n) is 1.88. The van der Waals surface area contributed by atoms with Crippen LogP contribution in [-0.4, -0.2) is 42.7 Å². The van der Waals surface area contributed by atoms with E-state index in [9.17, 15) is 13.2 Å². The van der Waals surface area contributed by atoms with Gasteiger partial charge in [-0.15, -0.1) is 0 Å². The second kappa shape index (κ2) is 5.61. The van der Waals surface area contributed by atoms with Gasteiger partial charge in [0.15, 0.2) is 0 Å². The molecule has 0 radical (unpaired) electrons. The molecular weight excluding hydrogens is 257 g/mol. The fourth-order valence-corrected chi connectivity index (χ4v) is 1.84. The third-order valence-corrected chi connectivity index (χ3v) is 2.71. The van der Waals surface area contributed by atoms with Crippen LogP contribution in [0.1, 0.15) is 5.82 Å². The van der Waals surface area contributed by atoms with Crippen LogP contribution in [-0.2, 0) is 10.9 Å². The van der Waals surface area contributed by atoms with Crippen molar-refractivity contribution in [3.63, 3.8) is 0 Å². The monoisotopic (exact) mass is 270 g/mol.